The number of benzene rings is 1. The lowest BCUT2D eigenvalue weighted by molar-refractivity contribution is 0.102. The summed E-state index contributed by atoms with van der Waals surface area (Å²) in [5, 5.41) is 9.76. The van der Waals surface area contributed by atoms with Crippen LogP contribution in [-0.4, -0.2) is 30.8 Å². The van der Waals surface area contributed by atoms with Crippen molar-refractivity contribution in [1.82, 2.24) is 10.2 Å². The molecule has 2 aromatic rings. The van der Waals surface area contributed by atoms with Gasteiger partial charge in [-0.15, -0.1) is 10.2 Å². The van der Waals surface area contributed by atoms with Gasteiger partial charge in [-0.3, -0.25) is 9.52 Å². The third kappa shape index (κ3) is 3.89. The molecule has 0 unspecified atom stereocenters. The van der Waals surface area contributed by atoms with E-state index in [1.54, 1.807) is 18.2 Å². The maximum atomic E-state index is 11.9. The van der Waals surface area contributed by atoms with Gasteiger partial charge in [0.25, 0.3) is 5.91 Å². The minimum atomic E-state index is -3.44. The molecule has 0 aliphatic rings. The van der Waals surface area contributed by atoms with Crippen LogP contribution in [0.3, 0.4) is 0 Å². The second-order valence-electron chi connectivity index (χ2n) is 3.73. The van der Waals surface area contributed by atoms with Crippen LogP contribution in [0.4, 0.5) is 11.4 Å². The normalized spacial score (nSPS) is 11.1. The predicted octanol–water partition coefficient (Wildman–Crippen LogP) is 1.82. The number of nitrogens with one attached hydrogen (secondary N) is 2. The van der Waals surface area contributed by atoms with Gasteiger partial charge in [-0.25, -0.2) is 8.42 Å². The highest BCUT2D eigenvalue weighted by Crippen LogP contribution is 2.23. The number of hydrogen-bond donors (Lipinski definition) is 2. The molecule has 1 heterocycles. The Hall–Kier alpha value is -1.71. The van der Waals surface area contributed by atoms with Crippen LogP contribution in [-0.2, 0) is 10.0 Å². The molecule has 0 bridgehead atoms. The number of amides is 1. The van der Waals surface area contributed by atoms with E-state index in [2.05, 4.69) is 20.2 Å². The second-order valence-corrected chi connectivity index (χ2v) is 7.04. The lowest BCUT2D eigenvalue weighted by atomic mass is 10.2. The molecular formula is C10H9ClN4O3S2. The molecule has 7 nitrogen and oxygen atoms in total. The highest BCUT2D eigenvalue weighted by Gasteiger charge is 2.14. The number of carbonyl (C=O) groups excluding carboxylic acids is 1. The lowest BCUT2D eigenvalue weighted by Gasteiger charge is -2.10. The molecule has 106 valence electrons. The van der Waals surface area contributed by atoms with Crippen LogP contribution in [0.15, 0.2) is 24.3 Å². The number of aromatic nitrogens is 2. The molecule has 0 saturated carbocycles. The Labute approximate surface area is 124 Å². The monoisotopic (exact) mass is 332 g/mol. The van der Waals surface area contributed by atoms with E-state index in [0.717, 1.165) is 17.6 Å². The van der Waals surface area contributed by atoms with Gasteiger partial charge < -0.3 is 5.32 Å². The highest BCUT2D eigenvalue weighted by atomic mass is 35.5. The van der Waals surface area contributed by atoms with Crippen molar-refractivity contribution in [2.45, 2.75) is 0 Å². The Bertz CT molecular complexity index is 744. The minimum absolute atomic E-state index is 0.0872. The van der Waals surface area contributed by atoms with E-state index in [1.165, 1.54) is 6.07 Å². The Morgan fingerprint density at radius 2 is 1.90 bits per heavy atom. The molecule has 20 heavy (non-hydrogen) atoms. The fourth-order valence-corrected chi connectivity index (χ4v) is 2.65. The fourth-order valence-electron chi connectivity index (χ4n) is 1.35. The van der Waals surface area contributed by atoms with Gasteiger partial charge in [0, 0.05) is 0 Å². The lowest BCUT2D eigenvalue weighted by Crippen LogP contribution is -2.15. The molecule has 0 atom stereocenters. The molecule has 0 spiro atoms. The van der Waals surface area contributed by atoms with Gasteiger partial charge in [-0.2, -0.15) is 0 Å². The van der Waals surface area contributed by atoms with Crippen LogP contribution in [0.25, 0.3) is 0 Å². The summed E-state index contributed by atoms with van der Waals surface area (Å²) in [5.74, 6) is -0.517. The van der Waals surface area contributed by atoms with E-state index in [1.807, 2.05) is 0 Å². The number of carbonyl (C=O) groups is 1. The topological polar surface area (TPSA) is 101 Å². The van der Waals surface area contributed by atoms with Gasteiger partial charge in [-0.05, 0) is 23.7 Å². The van der Waals surface area contributed by atoms with Crippen LogP contribution >= 0.6 is 22.9 Å². The molecule has 2 rings (SSSR count). The molecule has 1 aromatic carbocycles. The average Bonchev–Trinajstić information content (AvgIpc) is 2.77. The van der Waals surface area contributed by atoms with Crippen molar-refractivity contribution in [3.05, 3.63) is 33.7 Å². The first kappa shape index (κ1) is 14.7. The molecule has 1 amide bonds. The van der Waals surface area contributed by atoms with E-state index >= 15 is 0 Å². The van der Waals surface area contributed by atoms with Crippen LogP contribution in [0.5, 0.6) is 0 Å². The van der Waals surface area contributed by atoms with E-state index in [9.17, 15) is 13.2 Å². The smallest absolute Gasteiger partial charge is 0.286 e. The molecule has 0 fully saturated rings. The predicted molar refractivity (Wildman–Crippen MR) is 77.8 cm³/mol. The summed E-state index contributed by atoms with van der Waals surface area (Å²) in [6.07, 6.45) is 1.02. The van der Waals surface area contributed by atoms with Crippen molar-refractivity contribution in [2.75, 3.05) is 16.3 Å². The Morgan fingerprint density at radius 1 is 1.25 bits per heavy atom. The Morgan fingerprint density at radius 3 is 2.45 bits per heavy atom. The molecule has 10 heteroatoms. The number of para-hydroxylation sites is 2. The zero-order chi connectivity index (χ0) is 14.8. The molecule has 0 aliphatic carbocycles. The summed E-state index contributed by atoms with van der Waals surface area (Å²) < 4.78 is 25.0. The maximum absolute atomic E-state index is 11.9. The summed E-state index contributed by atoms with van der Waals surface area (Å²) in [5.41, 5.74) is 0.577. The average molecular weight is 333 g/mol. The largest absolute Gasteiger partial charge is 0.318 e. The molecule has 1 aromatic heterocycles. The molecule has 0 aliphatic heterocycles. The number of hydrogen-bond acceptors (Lipinski definition) is 6. The first-order chi connectivity index (χ1) is 9.35. The standard InChI is InChI=1S/C10H9ClN4O3S2/c1-20(17,18)15-7-5-3-2-4-6(7)12-8(16)9-13-14-10(11)19-9/h2-5,15H,1H3,(H,12,16). The van der Waals surface area contributed by atoms with Crippen molar-refractivity contribution in [3.8, 4) is 0 Å². The van der Waals surface area contributed by atoms with Crippen LogP contribution < -0.4 is 10.0 Å². The Kier molecular flexibility index (Phi) is 4.21. The zero-order valence-electron chi connectivity index (χ0n) is 10.1. The molecular weight excluding hydrogens is 324 g/mol. The first-order valence-corrected chi connectivity index (χ1v) is 8.31. The van der Waals surface area contributed by atoms with Crippen molar-refractivity contribution in [2.24, 2.45) is 0 Å². The number of anilines is 2. The quantitative estimate of drug-likeness (QED) is 0.889. The summed E-state index contributed by atoms with van der Waals surface area (Å²) >= 11 is 6.53. The third-order valence-electron chi connectivity index (χ3n) is 2.07. The van der Waals surface area contributed by atoms with Crippen molar-refractivity contribution in [1.29, 1.82) is 0 Å². The zero-order valence-corrected chi connectivity index (χ0v) is 12.5. The van der Waals surface area contributed by atoms with Crippen LogP contribution in [0.2, 0.25) is 4.47 Å². The van der Waals surface area contributed by atoms with E-state index in [-0.39, 0.29) is 15.2 Å². The molecule has 0 saturated heterocycles. The molecule has 2 N–H and O–H groups in total. The summed E-state index contributed by atoms with van der Waals surface area (Å²) in [6, 6.07) is 6.40. The first-order valence-electron chi connectivity index (χ1n) is 5.22. The maximum Gasteiger partial charge on any atom is 0.286 e. The van der Waals surface area contributed by atoms with Gasteiger partial charge in [0.05, 0.1) is 17.6 Å². The number of rotatable bonds is 4. The van der Waals surface area contributed by atoms with E-state index in [4.69, 9.17) is 11.6 Å². The van der Waals surface area contributed by atoms with E-state index < -0.39 is 15.9 Å². The van der Waals surface area contributed by atoms with Crippen molar-refractivity contribution in [3.63, 3.8) is 0 Å². The fraction of sp³-hybridized carbons (Fsp3) is 0.100. The van der Waals surface area contributed by atoms with Crippen LogP contribution in [0, 0.1) is 0 Å². The number of nitrogens with zero attached hydrogens (tertiary/aromatic N) is 2. The van der Waals surface area contributed by atoms with Crippen molar-refractivity contribution >= 4 is 50.2 Å². The van der Waals surface area contributed by atoms with Gasteiger partial charge in [-0.1, -0.05) is 23.5 Å². The number of halogens is 1. The Balaban J connectivity index is 2.23. The van der Waals surface area contributed by atoms with Crippen molar-refractivity contribution < 1.29 is 13.2 Å². The summed E-state index contributed by atoms with van der Waals surface area (Å²) in [7, 11) is -3.44. The van der Waals surface area contributed by atoms with Gasteiger partial charge >= 0.3 is 0 Å². The summed E-state index contributed by atoms with van der Waals surface area (Å²) in [4.78, 5) is 11.9. The third-order valence-corrected chi connectivity index (χ3v) is 3.67. The number of sulfonamides is 1. The SMILES string of the molecule is CS(=O)(=O)Nc1ccccc1NC(=O)c1nnc(Cl)s1. The highest BCUT2D eigenvalue weighted by molar-refractivity contribution is 7.92. The minimum Gasteiger partial charge on any atom is -0.318 e. The summed E-state index contributed by atoms with van der Waals surface area (Å²) in [6.45, 7) is 0. The van der Waals surface area contributed by atoms with Gasteiger partial charge in [0.1, 0.15) is 0 Å². The van der Waals surface area contributed by atoms with E-state index in [0.29, 0.717) is 5.69 Å². The van der Waals surface area contributed by atoms with Gasteiger partial charge in [0.2, 0.25) is 19.5 Å². The van der Waals surface area contributed by atoms with Crippen LogP contribution in [0.1, 0.15) is 9.80 Å². The van der Waals surface area contributed by atoms with Gasteiger partial charge in [0.15, 0.2) is 0 Å². The molecule has 0 radical (unpaired) electrons. The second kappa shape index (κ2) is 5.73.